The number of nitrogens with two attached hydrogens (primary N) is 1. The first-order chi connectivity index (χ1) is 16.6. The number of fused-ring (bicyclic) bond motifs is 1. The molecule has 6 nitrogen and oxygen atoms in total. The molecule has 0 unspecified atom stereocenters. The lowest BCUT2D eigenvalue weighted by atomic mass is 9.95. The number of hydrogen-bond acceptors (Lipinski definition) is 4. The molecule has 0 bridgehead atoms. The fourth-order valence-corrected chi connectivity index (χ4v) is 4.83. The smallest absolute Gasteiger partial charge is 0.335 e. The molecule has 1 atom stereocenters. The molecule has 1 saturated carbocycles. The quantitative estimate of drug-likeness (QED) is 0.357. The summed E-state index contributed by atoms with van der Waals surface area (Å²) in [5.41, 5.74) is 10.2. The van der Waals surface area contributed by atoms with Gasteiger partial charge in [-0.1, -0.05) is 49.6 Å². The fraction of sp³-hybridized carbons (Fsp3) is 0.286. The van der Waals surface area contributed by atoms with Crippen LogP contribution in [0.4, 0.5) is 0 Å². The average Bonchev–Trinajstić information content (AvgIpc) is 3.27. The maximum Gasteiger partial charge on any atom is 0.335 e. The molecule has 0 amide bonds. The van der Waals surface area contributed by atoms with Crippen LogP contribution in [0, 0.1) is 0 Å². The predicted molar refractivity (Wildman–Crippen MR) is 133 cm³/mol. The minimum absolute atomic E-state index is 0.195. The van der Waals surface area contributed by atoms with Crippen molar-refractivity contribution in [1.29, 1.82) is 0 Å². The molecular formula is C28H29N3O3. The van der Waals surface area contributed by atoms with Gasteiger partial charge in [0.15, 0.2) is 0 Å². The predicted octanol–water partition coefficient (Wildman–Crippen LogP) is 5.99. The van der Waals surface area contributed by atoms with E-state index in [2.05, 4.69) is 4.57 Å². The van der Waals surface area contributed by atoms with Gasteiger partial charge in [0.25, 0.3) is 0 Å². The maximum atomic E-state index is 11.5. The van der Waals surface area contributed by atoms with Crippen LogP contribution in [0.3, 0.4) is 0 Å². The first-order valence-corrected chi connectivity index (χ1v) is 11.9. The number of rotatable bonds is 7. The topological polar surface area (TPSA) is 90.4 Å². The Morgan fingerprint density at radius 1 is 1.03 bits per heavy atom. The van der Waals surface area contributed by atoms with Gasteiger partial charge < -0.3 is 20.1 Å². The standard InChI is InChI=1S/C28H29N3O3/c29-24(19-7-3-1-4-8-19)18-34-23-14-11-20(12-15-23)27-30-25-17-21(28(32)33)13-16-26(25)31(27)22-9-5-2-6-10-22/h1,3-4,7-8,11-17,22,24H,2,5-6,9-10,18,29H2,(H,32,33)/t24-/m0/s1. The van der Waals surface area contributed by atoms with Gasteiger partial charge in [0, 0.05) is 11.6 Å². The van der Waals surface area contributed by atoms with Gasteiger partial charge >= 0.3 is 5.97 Å². The van der Waals surface area contributed by atoms with Crippen molar-refractivity contribution in [1.82, 2.24) is 9.55 Å². The number of carboxylic acid groups (broad SMARTS) is 1. The van der Waals surface area contributed by atoms with E-state index in [4.69, 9.17) is 15.5 Å². The fourth-order valence-electron chi connectivity index (χ4n) is 4.83. The number of aromatic carboxylic acids is 1. The summed E-state index contributed by atoms with van der Waals surface area (Å²) in [6.07, 6.45) is 5.88. The zero-order valence-electron chi connectivity index (χ0n) is 19.1. The Kier molecular flexibility index (Phi) is 6.32. The molecule has 6 heteroatoms. The first kappa shape index (κ1) is 22.2. The van der Waals surface area contributed by atoms with Gasteiger partial charge in [-0.25, -0.2) is 9.78 Å². The van der Waals surface area contributed by atoms with Crippen LogP contribution in [0.2, 0.25) is 0 Å². The third-order valence-corrected chi connectivity index (χ3v) is 6.65. The second kappa shape index (κ2) is 9.69. The van der Waals surface area contributed by atoms with Crippen LogP contribution in [0.1, 0.15) is 60.1 Å². The number of ether oxygens (including phenoxy) is 1. The third-order valence-electron chi connectivity index (χ3n) is 6.65. The van der Waals surface area contributed by atoms with E-state index in [1.54, 1.807) is 12.1 Å². The highest BCUT2D eigenvalue weighted by molar-refractivity contribution is 5.93. The molecule has 1 heterocycles. The molecule has 0 spiro atoms. The lowest BCUT2D eigenvalue weighted by Gasteiger charge is -2.25. The largest absolute Gasteiger partial charge is 0.492 e. The zero-order chi connectivity index (χ0) is 23.5. The molecule has 1 aliphatic rings. The van der Waals surface area contributed by atoms with Crippen LogP contribution in [0.15, 0.2) is 72.8 Å². The number of carboxylic acids is 1. The van der Waals surface area contributed by atoms with Crippen LogP contribution in [-0.4, -0.2) is 27.2 Å². The summed E-state index contributed by atoms with van der Waals surface area (Å²) >= 11 is 0. The molecule has 1 fully saturated rings. The average molecular weight is 456 g/mol. The van der Waals surface area contributed by atoms with Gasteiger partial charge in [0.1, 0.15) is 18.2 Å². The van der Waals surface area contributed by atoms with Crippen LogP contribution < -0.4 is 10.5 Å². The minimum atomic E-state index is -0.939. The monoisotopic (exact) mass is 455 g/mol. The molecule has 0 radical (unpaired) electrons. The van der Waals surface area contributed by atoms with Crippen LogP contribution >= 0.6 is 0 Å². The molecule has 3 aromatic carbocycles. The molecule has 0 aliphatic heterocycles. The van der Waals surface area contributed by atoms with Crippen molar-refractivity contribution in [3.63, 3.8) is 0 Å². The van der Waals surface area contributed by atoms with Crippen molar-refractivity contribution >= 4 is 17.0 Å². The lowest BCUT2D eigenvalue weighted by Crippen LogP contribution is -2.18. The maximum absolute atomic E-state index is 11.5. The van der Waals surface area contributed by atoms with Gasteiger partial charge in [-0.2, -0.15) is 0 Å². The molecule has 34 heavy (non-hydrogen) atoms. The summed E-state index contributed by atoms with van der Waals surface area (Å²) < 4.78 is 8.25. The molecule has 1 aliphatic carbocycles. The Balaban J connectivity index is 1.43. The van der Waals surface area contributed by atoms with E-state index in [1.807, 2.05) is 60.7 Å². The molecule has 0 saturated heterocycles. The number of hydrogen-bond donors (Lipinski definition) is 2. The van der Waals surface area contributed by atoms with Crippen molar-refractivity contribution in [2.45, 2.75) is 44.2 Å². The van der Waals surface area contributed by atoms with E-state index in [-0.39, 0.29) is 11.6 Å². The van der Waals surface area contributed by atoms with Crippen molar-refractivity contribution in [2.24, 2.45) is 5.73 Å². The molecular weight excluding hydrogens is 426 g/mol. The van der Waals surface area contributed by atoms with E-state index in [1.165, 1.54) is 19.3 Å². The van der Waals surface area contributed by atoms with E-state index in [9.17, 15) is 9.90 Å². The molecule has 174 valence electrons. The minimum Gasteiger partial charge on any atom is -0.492 e. The Bertz CT molecular complexity index is 1280. The molecule has 5 rings (SSSR count). The van der Waals surface area contributed by atoms with E-state index >= 15 is 0 Å². The summed E-state index contributed by atoms with van der Waals surface area (Å²) in [7, 11) is 0. The highest BCUT2D eigenvalue weighted by Gasteiger charge is 2.23. The van der Waals surface area contributed by atoms with Crippen molar-refractivity contribution in [3.05, 3.63) is 83.9 Å². The SMILES string of the molecule is N[C@@H](COc1ccc(-c2nc3cc(C(=O)O)ccc3n2C2CCCCC2)cc1)c1ccccc1. The van der Waals surface area contributed by atoms with E-state index in [0.29, 0.717) is 12.6 Å². The van der Waals surface area contributed by atoms with Gasteiger partial charge in [0.05, 0.1) is 22.6 Å². The van der Waals surface area contributed by atoms with Crippen molar-refractivity contribution in [3.8, 4) is 17.1 Å². The van der Waals surface area contributed by atoms with Gasteiger partial charge in [-0.15, -0.1) is 0 Å². The lowest BCUT2D eigenvalue weighted by molar-refractivity contribution is 0.0697. The second-order valence-electron chi connectivity index (χ2n) is 8.96. The number of nitrogens with zero attached hydrogens (tertiary/aromatic N) is 2. The third kappa shape index (κ3) is 4.54. The Hall–Kier alpha value is -3.64. The van der Waals surface area contributed by atoms with E-state index in [0.717, 1.165) is 46.6 Å². The normalized spacial score (nSPS) is 15.3. The Morgan fingerprint density at radius 3 is 2.47 bits per heavy atom. The van der Waals surface area contributed by atoms with Crippen molar-refractivity contribution < 1.29 is 14.6 Å². The highest BCUT2D eigenvalue weighted by Crippen LogP contribution is 2.36. The summed E-state index contributed by atoms with van der Waals surface area (Å²) in [5.74, 6) is 0.687. The zero-order valence-corrected chi connectivity index (χ0v) is 19.1. The summed E-state index contributed by atoms with van der Waals surface area (Å²) in [5, 5.41) is 9.42. The van der Waals surface area contributed by atoms with E-state index < -0.39 is 5.97 Å². The number of carbonyl (C=O) groups is 1. The first-order valence-electron chi connectivity index (χ1n) is 11.9. The second-order valence-corrected chi connectivity index (χ2v) is 8.96. The molecule has 1 aromatic heterocycles. The Labute approximate surface area is 199 Å². The van der Waals surface area contributed by atoms with Gasteiger partial charge in [0.2, 0.25) is 0 Å². The molecule has 4 aromatic rings. The van der Waals surface area contributed by atoms with Gasteiger partial charge in [-0.3, -0.25) is 0 Å². The van der Waals surface area contributed by atoms with Crippen LogP contribution in [0.5, 0.6) is 5.75 Å². The summed E-state index contributed by atoms with van der Waals surface area (Å²) in [4.78, 5) is 16.4. The van der Waals surface area contributed by atoms with Crippen molar-refractivity contribution in [2.75, 3.05) is 6.61 Å². The molecule has 3 N–H and O–H groups in total. The number of aromatic nitrogens is 2. The van der Waals surface area contributed by atoms with Crippen LogP contribution in [-0.2, 0) is 0 Å². The summed E-state index contributed by atoms with van der Waals surface area (Å²) in [6.45, 7) is 0.391. The highest BCUT2D eigenvalue weighted by atomic mass is 16.5. The number of imidazole rings is 1. The van der Waals surface area contributed by atoms with Crippen LogP contribution in [0.25, 0.3) is 22.4 Å². The Morgan fingerprint density at radius 2 is 1.76 bits per heavy atom. The van der Waals surface area contributed by atoms with Gasteiger partial charge in [-0.05, 0) is 60.9 Å². The summed E-state index contributed by atoms with van der Waals surface area (Å²) in [6, 6.07) is 23.2. The number of benzene rings is 3.